The Morgan fingerprint density at radius 3 is 2.53 bits per heavy atom. The summed E-state index contributed by atoms with van der Waals surface area (Å²) >= 11 is 3.51. The number of benzene rings is 1. The molecule has 1 aromatic rings. The van der Waals surface area contributed by atoms with Gasteiger partial charge in [-0.2, -0.15) is 0 Å². The second kappa shape index (κ2) is 4.62. The summed E-state index contributed by atoms with van der Waals surface area (Å²) in [6, 6.07) is 8.25. The number of rotatable bonds is 1. The monoisotopic (exact) mass is 323 g/mol. The summed E-state index contributed by atoms with van der Waals surface area (Å²) < 4.78 is -0.544. The van der Waals surface area contributed by atoms with Crippen LogP contribution in [0.3, 0.4) is 0 Å². The molecule has 19 heavy (non-hydrogen) atoms. The number of alkyl halides is 1. The van der Waals surface area contributed by atoms with Gasteiger partial charge in [-0.1, -0.05) is 41.1 Å². The van der Waals surface area contributed by atoms with Gasteiger partial charge in [0.15, 0.2) is 0 Å². The Hall–Kier alpha value is -0.830. The lowest BCUT2D eigenvalue weighted by molar-refractivity contribution is -0.121. The van der Waals surface area contributed by atoms with E-state index >= 15 is 0 Å². The Labute approximate surface area is 124 Å². The molecule has 2 rings (SSSR count). The number of halogens is 1. The van der Waals surface area contributed by atoms with E-state index < -0.39 is 4.32 Å². The van der Waals surface area contributed by atoms with Gasteiger partial charge < -0.3 is 4.90 Å². The van der Waals surface area contributed by atoms with Crippen molar-refractivity contribution < 1.29 is 4.79 Å². The summed E-state index contributed by atoms with van der Waals surface area (Å²) in [6.07, 6.45) is 0.985. The molecule has 1 aromatic carbocycles. The molecule has 0 saturated heterocycles. The third-order valence-corrected chi connectivity index (χ3v) is 4.17. The van der Waals surface area contributed by atoms with Gasteiger partial charge in [0.1, 0.15) is 0 Å². The summed E-state index contributed by atoms with van der Waals surface area (Å²) in [7, 11) is 0. The minimum Gasteiger partial charge on any atom is -0.305 e. The molecule has 1 heterocycles. The Morgan fingerprint density at radius 2 is 1.95 bits per heavy atom. The van der Waals surface area contributed by atoms with Gasteiger partial charge in [-0.25, -0.2) is 0 Å². The van der Waals surface area contributed by atoms with E-state index in [9.17, 15) is 4.79 Å². The molecule has 1 aliphatic rings. The minimum atomic E-state index is -0.544. The highest BCUT2D eigenvalue weighted by molar-refractivity contribution is 9.10. The van der Waals surface area contributed by atoms with Crippen LogP contribution >= 0.6 is 15.9 Å². The van der Waals surface area contributed by atoms with Crippen molar-refractivity contribution in [1.82, 2.24) is 0 Å². The molecule has 0 fully saturated rings. The van der Waals surface area contributed by atoms with Crippen LogP contribution in [0.1, 0.15) is 52.5 Å². The highest BCUT2D eigenvalue weighted by Gasteiger charge is 2.43. The zero-order chi connectivity index (χ0) is 14.4. The van der Waals surface area contributed by atoms with Crippen LogP contribution in [0.15, 0.2) is 24.3 Å². The number of anilines is 1. The number of nitrogens with zero attached hydrogens (tertiary/aromatic N) is 1. The fourth-order valence-corrected chi connectivity index (χ4v) is 3.21. The van der Waals surface area contributed by atoms with E-state index in [1.54, 1.807) is 0 Å². The summed E-state index contributed by atoms with van der Waals surface area (Å²) in [4.78, 5) is 14.8. The molecule has 1 amide bonds. The average Bonchev–Trinajstić information content (AvgIpc) is 2.26. The molecule has 0 saturated carbocycles. The van der Waals surface area contributed by atoms with Crippen molar-refractivity contribution in [3.63, 3.8) is 0 Å². The first-order chi connectivity index (χ1) is 8.64. The smallest absolute Gasteiger partial charge is 0.243 e. The largest absolute Gasteiger partial charge is 0.305 e. The van der Waals surface area contributed by atoms with E-state index in [0.717, 1.165) is 12.1 Å². The van der Waals surface area contributed by atoms with Crippen molar-refractivity contribution in [3.05, 3.63) is 29.8 Å². The maximum absolute atomic E-state index is 12.8. The molecule has 1 aliphatic heterocycles. The number of fused-ring (bicyclic) bond motifs is 1. The topological polar surface area (TPSA) is 20.3 Å². The number of hydrogen-bond donors (Lipinski definition) is 0. The van der Waals surface area contributed by atoms with Crippen LogP contribution in [0.25, 0.3) is 0 Å². The zero-order valence-electron chi connectivity index (χ0n) is 12.3. The molecule has 0 unspecified atom stereocenters. The lowest BCUT2D eigenvalue weighted by atomic mass is 9.79. The predicted molar refractivity (Wildman–Crippen MR) is 84.0 cm³/mol. The Kier molecular flexibility index (Phi) is 3.54. The van der Waals surface area contributed by atoms with Crippen molar-refractivity contribution in [2.45, 2.75) is 56.8 Å². The Bertz CT molecular complexity index is 502. The fourth-order valence-electron chi connectivity index (χ4n) is 3.03. The van der Waals surface area contributed by atoms with Crippen LogP contribution in [-0.2, 0) is 4.79 Å². The van der Waals surface area contributed by atoms with Crippen LogP contribution in [0.4, 0.5) is 5.69 Å². The number of para-hydroxylation sites is 1. The van der Waals surface area contributed by atoms with E-state index in [2.05, 4.69) is 54.9 Å². The van der Waals surface area contributed by atoms with Gasteiger partial charge in [0.05, 0.1) is 4.32 Å². The number of carbonyl (C=O) groups excluding carboxylic acids is 1. The molecule has 0 N–H and O–H groups in total. The molecule has 0 radical (unpaired) electrons. The zero-order valence-corrected chi connectivity index (χ0v) is 13.9. The van der Waals surface area contributed by atoms with E-state index in [1.807, 2.05) is 24.8 Å². The van der Waals surface area contributed by atoms with Gasteiger partial charge in [-0.05, 0) is 51.7 Å². The van der Waals surface area contributed by atoms with Gasteiger partial charge in [-0.3, -0.25) is 4.79 Å². The van der Waals surface area contributed by atoms with Crippen LogP contribution in [0.5, 0.6) is 0 Å². The fraction of sp³-hybridized carbons (Fsp3) is 0.562. The lowest BCUT2D eigenvalue weighted by Gasteiger charge is -2.47. The molecule has 0 bridgehead atoms. The van der Waals surface area contributed by atoms with E-state index in [-0.39, 0.29) is 11.4 Å². The summed E-state index contributed by atoms with van der Waals surface area (Å²) in [5.41, 5.74) is 2.17. The maximum atomic E-state index is 12.8. The van der Waals surface area contributed by atoms with E-state index in [1.165, 1.54) is 5.56 Å². The summed E-state index contributed by atoms with van der Waals surface area (Å²) in [5.74, 6) is 0.602. The van der Waals surface area contributed by atoms with E-state index in [4.69, 9.17) is 0 Å². The third kappa shape index (κ3) is 2.58. The normalized spacial score (nSPS) is 22.0. The minimum absolute atomic E-state index is 0.122. The van der Waals surface area contributed by atoms with Gasteiger partial charge in [0, 0.05) is 11.2 Å². The van der Waals surface area contributed by atoms with Crippen molar-refractivity contribution in [2.24, 2.45) is 0 Å². The van der Waals surface area contributed by atoms with Gasteiger partial charge in [0.2, 0.25) is 5.91 Å². The molecule has 3 heteroatoms. The predicted octanol–water partition coefficient (Wildman–Crippen LogP) is 4.48. The van der Waals surface area contributed by atoms with Gasteiger partial charge in [-0.15, -0.1) is 0 Å². The Balaban J connectivity index is 2.57. The quantitative estimate of drug-likeness (QED) is 0.698. The second-order valence-corrected chi connectivity index (χ2v) is 8.57. The van der Waals surface area contributed by atoms with E-state index in [0.29, 0.717) is 5.92 Å². The van der Waals surface area contributed by atoms with Crippen LogP contribution in [0, 0.1) is 0 Å². The highest BCUT2D eigenvalue weighted by Crippen LogP contribution is 2.44. The third-order valence-electron chi connectivity index (χ3n) is 3.83. The molecular weight excluding hydrogens is 302 g/mol. The molecule has 0 aliphatic carbocycles. The lowest BCUT2D eigenvalue weighted by Crippen LogP contribution is -2.56. The van der Waals surface area contributed by atoms with Gasteiger partial charge >= 0.3 is 0 Å². The van der Waals surface area contributed by atoms with Crippen LogP contribution in [-0.4, -0.2) is 15.8 Å². The highest BCUT2D eigenvalue weighted by atomic mass is 79.9. The molecule has 1 atom stereocenters. The van der Waals surface area contributed by atoms with Gasteiger partial charge in [0.25, 0.3) is 0 Å². The van der Waals surface area contributed by atoms with Crippen molar-refractivity contribution in [2.75, 3.05) is 4.90 Å². The number of hydrogen-bond acceptors (Lipinski definition) is 1. The molecular formula is C16H22BrNO. The van der Waals surface area contributed by atoms with Crippen LogP contribution < -0.4 is 4.90 Å². The average molecular weight is 324 g/mol. The van der Waals surface area contributed by atoms with Crippen LogP contribution in [0.2, 0.25) is 0 Å². The summed E-state index contributed by atoms with van der Waals surface area (Å²) in [6.45, 7) is 10.4. The molecule has 0 aromatic heterocycles. The van der Waals surface area contributed by atoms with Crippen molar-refractivity contribution in [3.8, 4) is 0 Å². The van der Waals surface area contributed by atoms with Crippen molar-refractivity contribution >= 4 is 27.5 Å². The molecule has 0 spiro atoms. The first-order valence-corrected chi connectivity index (χ1v) is 7.56. The first-order valence-electron chi connectivity index (χ1n) is 6.77. The maximum Gasteiger partial charge on any atom is 0.243 e. The SMILES string of the molecule is C[C@@H]1CC(C)(C)N(C(=O)C(C)(C)Br)c2ccccc21. The first kappa shape index (κ1) is 14.6. The molecule has 2 nitrogen and oxygen atoms in total. The number of carbonyl (C=O) groups is 1. The standard InChI is InChI=1S/C16H22BrNO/c1-11-10-15(2,3)18(14(19)16(4,5)17)13-9-7-6-8-12(11)13/h6-9,11H,10H2,1-5H3/t11-/m1/s1. The molecule has 104 valence electrons. The van der Waals surface area contributed by atoms with Crippen molar-refractivity contribution in [1.29, 1.82) is 0 Å². The summed E-state index contributed by atoms with van der Waals surface area (Å²) in [5, 5.41) is 0. The Morgan fingerprint density at radius 1 is 1.37 bits per heavy atom. The second-order valence-electron chi connectivity index (χ2n) is 6.59. The number of amides is 1.